The van der Waals surface area contributed by atoms with Crippen LogP contribution >= 0.6 is 23.2 Å². The zero-order valence-corrected chi connectivity index (χ0v) is 18.3. The minimum Gasteiger partial charge on any atom is -0.436 e. The van der Waals surface area contributed by atoms with Crippen LogP contribution in [0.1, 0.15) is 36.7 Å². The Hall–Kier alpha value is -2.82. The van der Waals surface area contributed by atoms with Crippen molar-refractivity contribution in [1.82, 2.24) is 4.98 Å². The van der Waals surface area contributed by atoms with Crippen LogP contribution in [0.15, 0.2) is 65.1 Å². The van der Waals surface area contributed by atoms with Crippen LogP contribution in [0.2, 0.25) is 10.0 Å². The minimum atomic E-state index is -0.322. The molecule has 0 radical (unpaired) electrons. The number of carbonyl (C=O) groups excluding carboxylic acids is 1. The van der Waals surface area contributed by atoms with E-state index < -0.39 is 0 Å². The van der Waals surface area contributed by atoms with E-state index in [4.69, 9.17) is 27.6 Å². The molecule has 0 spiro atoms. The molecule has 0 bridgehead atoms. The van der Waals surface area contributed by atoms with Crippen LogP contribution in [0.5, 0.6) is 0 Å². The molecule has 1 heterocycles. The van der Waals surface area contributed by atoms with Gasteiger partial charge in [-0.05, 0) is 59.5 Å². The standard InChI is InChI=1S/C24H20Cl2N2O2/c1-24(2,3)15-6-4-14(5-7-15)23-28-20-13-17(9-11-21(20)30-23)27-22(29)18-10-8-16(25)12-19(18)26/h4-13H,1-3H3,(H,27,29). The summed E-state index contributed by atoms with van der Waals surface area (Å²) in [6.45, 7) is 6.53. The summed E-state index contributed by atoms with van der Waals surface area (Å²) in [5.41, 5.74) is 4.48. The van der Waals surface area contributed by atoms with Crippen LogP contribution in [0.25, 0.3) is 22.6 Å². The van der Waals surface area contributed by atoms with Gasteiger partial charge >= 0.3 is 0 Å². The average Bonchev–Trinajstić information content (AvgIpc) is 3.10. The predicted octanol–water partition coefficient (Wildman–Crippen LogP) is 7.35. The molecule has 0 saturated carbocycles. The molecule has 1 N–H and O–H groups in total. The van der Waals surface area contributed by atoms with Crippen LogP contribution in [0, 0.1) is 0 Å². The zero-order chi connectivity index (χ0) is 21.5. The number of amides is 1. The summed E-state index contributed by atoms with van der Waals surface area (Å²) in [6, 6.07) is 18.3. The molecule has 3 aromatic carbocycles. The van der Waals surface area contributed by atoms with Gasteiger partial charge in [-0.15, -0.1) is 0 Å². The van der Waals surface area contributed by atoms with Gasteiger partial charge < -0.3 is 9.73 Å². The smallest absolute Gasteiger partial charge is 0.257 e. The SMILES string of the molecule is CC(C)(C)c1ccc(-c2nc3cc(NC(=O)c4ccc(Cl)cc4Cl)ccc3o2)cc1. The number of benzene rings is 3. The highest BCUT2D eigenvalue weighted by Crippen LogP contribution is 2.29. The summed E-state index contributed by atoms with van der Waals surface area (Å²) in [5.74, 6) is 0.215. The number of hydrogen-bond donors (Lipinski definition) is 1. The number of fused-ring (bicyclic) bond motifs is 1. The number of hydrogen-bond acceptors (Lipinski definition) is 3. The molecule has 4 rings (SSSR count). The van der Waals surface area contributed by atoms with Crippen molar-refractivity contribution in [3.8, 4) is 11.5 Å². The number of nitrogens with one attached hydrogen (secondary N) is 1. The van der Waals surface area contributed by atoms with Gasteiger partial charge in [0, 0.05) is 16.3 Å². The number of halogens is 2. The van der Waals surface area contributed by atoms with Gasteiger partial charge in [-0.2, -0.15) is 0 Å². The maximum absolute atomic E-state index is 12.5. The Morgan fingerprint density at radius 1 is 0.967 bits per heavy atom. The van der Waals surface area contributed by atoms with Gasteiger partial charge in [-0.25, -0.2) is 4.98 Å². The number of oxazole rings is 1. The Morgan fingerprint density at radius 2 is 1.70 bits per heavy atom. The summed E-state index contributed by atoms with van der Waals surface area (Å²) in [6.07, 6.45) is 0. The summed E-state index contributed by atoms with van der Waals surface area (Å²) in [5, 5.41) is 3.61. The second-order valence-corrected chi connectivity index (χ2v) is 8.95. The number of aromatic nitrogens is 1. The predicted molar refractivity (Wildman–Crippen MR) is 123 cm³/mol. The highest BCUT2D eigenvalue weighted by atomic mass is 35.5. The van der Waals surface area contributed by atoms with E-state index >= 15 is 0 Å². The second kappa shape index (κ2) is 7.78. The average molecular weight is 439 g/mol. The molecule has 0 aliphatic carbocycles. The Labute approximate surface area is 184 Å². The molecule has 30 heavy (non-hydrogen) atoms. The van der Waals surface area contributed by atoms with Crippen molar-refractivity contribution in [3.05, 3.63) is 81.8 Å². The van der Waals surface area contributed by atoms with Crippen molar-refractivity contribution < 1.29 is 9.21 Å². The van der Waals surface area contributed by atoms with Crippen molar-refractivity contribution >= 4 is 45.9 Å². The number of carbonyl (C=O) groups is 1. The lowest BCUT2D eigenvalue weighted by molar-refractivity contribution is 0.102. The summed E-state index contributed by atoms with van der Waals surface area (Å²) < 4.78 is 5.90. The molecule has 6 heteroatoms. The first-order chi connectivity index (χ1) is 14.2. The Kier molecular flexibility index (Phi) is 5.31. The quantitative estimate of drug-likeness (QED) is 0.363. The van der Waals surface area contributed by atoms with E-state index in [9.17, 15) is 4.79 Å². The Balaban J connectivity index is 1.59. The molecule has 0 aliphatic heterocycles. The van der Waals surface area contributed by atoms with Gasteiger partial charge in [0.1, 0.15) is 5.52 Å². The molecule has 4 aromatic rings. The monoisotopic (exact) mass is 438 g/mol. The molecule has 0 unspecified atom stereocenters. The summed E-state index contributed by atoms with van der Waals surface area (Å²) >= 11 is 12.0. The number of rotatable bonds is 3. The lowest BCUT2D eigenvalue weighted by atomic mass is 9.87. The molecule has 0 atom stereocenters. The van der Waals surface area contributed by atoms with Gasteiger partial charge in [0.2, 0.25) is 5.89 Å². The fourth-order valence-electron chi connectivity index (χ4n) is 3.11. The zero-order valence-electron chi connectivity index (χ0n) is 16.8. The normalized spacial score (nSPS) is 11.6. The van der Waals surface area contributed by atoms with Crippen molar-refractivity contribution in [1.29, 1.82) is 0 Å². The van der Waals surface area contributed by atoms with E-state index in [1.54, 1.807) is 30.3 Å². The van der Waals surface area contributed by atoms with E-state index in [2.05, 4.69) is 43.2 Å². The Morgan fingerprint density at radius 3 is 2.37 bits per heavy atom. The minimum absolute atomic E-state index is 0.0833. The largest absolute Gasteiger partial charge is 0.436 e. The fourth-order valence-corrected chi connectivity index (χ4v) is 3.61. The maximum atomic E-state index is 12.5. The van der Waals surface area contributed by atoms with Crippen LogP contribution in [0.3, 0.4) is 0 Å². The second-order valence-electron chi connectivity index (χ2n) is 8.11. The third kappa shape index (κ3) is 4.20. The molecule has 1 amide bonds. The number of nitrogens with zero attached hydrogens (tertiary/aromatic N) is 1. The number of anilines is 1. The van der Waals surface area contributed by atoms with E-state index in [1.165, 1.54) is 11.6 Å². The topological polar surface area (TPSA) is 55.1 Å². The lowest BCUT2D eigenvalue weighted by Gasteiger charge is -2.18. The molecule has 0 saturated heterocycles. The molecule has 152 valence electrons. The van der Waals surface area contributed by atoms with E-state index in [1.807, 2.05) is 12.1 Å². The van der Waals surface area contributed by atoms with Crippen LogP contribution < -0.4 is 5.32 Å². The van der Waals surface area contributed by atoms with Crippen LogP contribution in [-0.2, 0) is 5.41 Å². The van der Waals surface area contributed by atoms with E-state index in [-0.39, 0.29) is 11.3 Å². The van der Waals surface area contributed by atoms with Gasteiger partial charge in [0.15, 0.2) is 5.58 Å². The van der Waals surface area contributed by atoms with Gasteiger partial charge in [-0.3, -0.25) is 4.79 Å². The van der Waals surface area contributed by atoms with E-state index in [0.717, 1.165) is 5.56 Å². The van der Waals surface area contributed by atoms with Crippen molar-refractivity contribution in [2.75, 3.05) is 5.32 Å². The van der Waals surface area contributed by atoms with E-state index in [0.29, 0.717) is 38.3 Å². The maximum Gasteiger partial charge on any atom is 0.257 e. The summed E-state index contributed by atoms with van der Waals surface area (Å²) in [4.78, 5) is 17.1. The summed E-state index contributed by atoms with van der Waals surface area (Å²) in [7, 11) is 0. The Bertz CT molecular complexity index is 1240. The third-order valence-electron chi connectivity index (χ3n) is 4.82. The first-order valence-electron chi connectivity index (χ1n) is 9.48. The highest BCUT2D eigenvalue weighted by Gasteiger charge is 2.16. The van der Waals surface area contributed by atoms with Gasteiger partial charge in [0.05, 0.1) is 10.6 Å². The third-order valence-corrected chi connectivity index (χ3v) is 5.37. The van der Waals surface area contributed by atoms with Crippen LogP contribution in [-0.4, -0.2) is 10.9 Å². The fraction of sp³-hybridized carbons (Fsp3) is 0.167. The molecule has 0 fully saturated rings. The highest BCUT2D eigenvalue weighted by molar-refractivity contribution is 6.37. The van der Waals surface area contributed by atoms with Crippen LogP contribution in [0.4, 0.5) is 5.69 Å². The molecule has 0 aliphatic rings. The molecular weight excluding hydrogens is 419 g/mol. The molecule has 1 aromatic heterocycles. The van der Waals surface area contributed by atoms with Crippen molar-refractivity contribution in [2.45, 2.75) is 26.2 Å². The lowest BCUT2D eigenvalue weighted by Crippen LogP contribution is -2.12. The molecular formula is C24H20Cl2N2O2. The molecule has 4 nitrogen and oxygen atoms in total. The van der Waals surface area contributed by atoms with Gasteiger partial charge in [0.25, 0.3) is 5.91 Å². The van der Waals surface area contributed by atoms with Crippen molar-refractivity contribution in [2.24, 2.45) is 0 Å². The van der Waals surface area contributed by atoms with Gasteiger partial charge in [-0.1, -0.05) is 56.1 Å². The van der Waals surface area contributed by atoms with Crippen molar-refractivity contribution in [3.63, 3.8) is 0 Å². The first-order valence-corrected chi connectivity index (χ1v) is 10.2. The first kappa shape index (κ1) is 20.5.